The Balaban J connectivity index is 2.20. The summed E-state index contributed by atoms with van der Waals surface area (Å²) in [6.07, 6.45) is 4.30. The zero-order chi connectivity index (χ0) is 13.9. The van der Waals surface area contributed by atoms with E-state index >= 15 is 0 Å². The zero-order valence-electron chi connectivity index (χ0n) is 12.0. The van der Waals surface area contributed by atoms with Crippen molar-refractivity contribution in [3.63, 3.8) is 0 Å². The fraction of sp³-hybridized carbons (Fsp3) is 0.118. The van der Waals surface area contributed by atoms with E-state index in [1.807, 2.05) is 0 Å². The first-order chi connectivity index (χ1) is 9.77. The molecule has 1 heterocycles. The van der Waals surface area contributed by atoms with Crippen molar-refractivity contribution in [3.05, 3.63) is 73.1 Å². The Labute approximate surface area is 121 Å². The molecule has 0 spiro atoms. The van der Waals surface area contributed by atoms with Crippen LogP contribution >= 0.6 is 0 Å². The molecule has 3 aromatic rings. The first kappa shape index (κ1) is 12.9. The van der Waals surface area contributed by atoms with E-state index in [4.69, 9.17) is 0 Å². The fourth-order valence-electron chi connectivity index (χ4n) is 3.15. The average Bonchev–Trinajstić information content (AvgIpc) is 2.82. The van der Waals surface area contributed by atoms with Gasteiger partial charge < -0.3 is 0 Å². The number of nitrogens with zero attached hydrogens (tertiary/aromatic N) is 2. The minimum absolute atomic E-state index is 1.46. The van der Waals surface area contributed by atoms with E-state index in [0.29, 0.717) is 0 Å². The molecule has 3 heteroatoms. The van der Waals surface area contributed by atoms with Gasteiger partial charge in [-0.1, -0.05) is 0 Å². The minimum atomic E-state index is -1.86. The standard InChI is InChI=1S/C17H20N2Si/c1-18-13-14-19(2)17(18)20(15-9-5-3-6-10-15)16-11-7-4-8-12-16/h3-14H,20H2,1-2H3. The van der Waals surface area contributed by atoms with Crippen LogP contribution in [0.5, 0.6) is 0 Å². The number of benzene rings is 2. The molecule has 0 radical (unpaired) electrons. The number of rotatable bonds is 3. The number of hydrogen-bond acceptors (Lipinski definition) is 0. The third-order valence-corrected chi connectivity index (χ3v) is 8.35. The summed E-state index contributed by atoms with van der Waals surface area (Å²) >= 11 is 0. The SMILES string of the molecule is Cn1cc[n+](C)c1[SiH2-](c1ccccc1)c1ccccc1. The van der Waals surface area contributed by atoms with Crippen molar-refractivity contribution in [1.82, 2.24) is 4.57 Å². The molecule has 2 aromatic carbocycles. The van der Waals surface area contributed by atoms with E-state index in [2.05, 4.69) is 96.3 Å². The summed E-state index contributed by atoms with van der Waals surface area (Å²) < 4.78 is 4.55. The normalized spacial score (nSPS) is 11.4. The molecule has 0 N–H and O–H groups in total. The molecular formula is C17H20N2Si. The Morgan fingerprint density at radius 1 is 0.850 bits per heavy atom. The average molecular weight is 280 g/mol. The second-order valence-corrected chi connectivity index (χ2v) is 8.76. The predicted molar refractivity (Wildman–Crippen MR) is 86.9 cm³/mol. The van der Waals surface area contributed by atoms with Crippen molar-refractivity contribution < 1.29 is 4.57 Å². The van der Waals surface area contributed by atoms with Crippen LogP contribution in [0.25, 0.3) is 0 Å². The fourth-order valence-corrected chi connectivity index (χ4v) is 7.05. The summed E-state index contributed by atoms with van der Waals surface area (Å²) in [5.74, 6) is 0. The summed E-state index contributed by atoms with van der Waals surface area (Å²) in [7, 11) is 2.44. The van der Waals surface area contributed by atoms with Crippen LogP contribution in [0.3, 0.4) is 0 Å². The van der Waals surface area contributed by atoms with Gasteiger partial charge in [0.2, 0.25) is 0 Å². The summed E-state index contributed by atoms with van der Waals surface area (Å²) in [5.41, 5.74) is 1.46. The van der Waals surface area contributed by atoms with E-state index < -0.39 is 8.80 Å². The molecule has 0 bridgehead atoms. The van der Waals surface area contributed by atoms with Crippen molar-refractivity contribution in [3.8, 4) is 0 Å². The Kier molecular flexibility index (Phi) is 3.52. The van der Waals surface area contributed by atoms with Crippen LogP contribution < -0.4 is 20.4 Å². The number of imidazole rings is 1. The second kappa shape index (κ2) is 5.47. The van der Waals surface area contributed by atoms with Crippen LogP contribution in [-0.4, -0.2) is 13.4 Å². The Bertz CT molecular complexity index is 631. The third-order valence-electron chi connectivity index (χ3n) is 4.15. The molecule has 0 aliphatic rings. The zero-order valence-corrected chi connectivity index (χ0v) is 13.4. The molecule has 0 saturated heterocycles. The summed E-state index contributed by atoms with van der Waals surface area (Å²) in [6, 6.07) is 21.9. The van der Waals surface area contributed by atoms with E-state index in [1.165, 1.54) is 15.8 Å². The molecule has 0 amide bonds. The molecule has 3 rings (SSSR count). The third kappa shape index (κ3) is 2.32. The van der Waals surface area contributed by atoms with Gasteiger partial charge in [0, 0.05) is 0 Å². The van der Waals surface area contributed by atoms with Gasteiger partial charge >= 0.3 is 121 Å². The molecular weight excluding hydrogens is 260 g/mol. The molecule has 20 heavy (non-hydrogen) atoms. The van der Waals surface area contributed by atoms with Gasteiger partial charge in [-0.15, -0.1) is 0 Å². The van der Waals surface area contributed by atoms with Crippen molar-refractivity contribution >= 4 is 24.6 Å². The van der Waals surface area contributed by atoms with Crippen molar-refractivity contribution in [2.45, 2.75) is 0 Å². The van der Waals surface area contributed by atoms with Crippen LogP contribution in [0.4, 0.5) is 0 Å². The molecule has 102 valence electrons. The van der Waals surface area contributed by atoms with Crippen LogP contribution in [0.1, 0.15) is 0 Å². The molecule has 2 nitrogen and oxygen atoms in total. The molecule has 1 aromatic heterocycles. The molecule has 0 aliphatic carbocycles. The monoisotopic (exact) mass is 280 g/mol. The molecule has 0 aliphatic heterocycles. The van der Waals surface area contributed by atoms with Gasteiger partial charge in [0.05, 0.1) is 0 Å². The van der Waals surface area contributed by atoms with Gasteiger partial charge in [-0.3, -0.25) is 0 Å². The number of aromatic nitrogens is 2. The predicted octanol–water partition coefficient (Wildman–Crippen LogP) is -0.170. The second-order valence-electron chi connectivity index (χ2n) is 5.44. The van der Waals surface area contributed by atoms with Crippen LogP contribution in [0.2, 0.25) is 0 Å². The van der Waals surface area contributed by atoms with Gasteiger partial charge in [-0.2, -0.15) is 0 Å². The van der Waals surface area contributed by atoms with Gasteiger partial charge in [-0.25, -0.2) is 0 Å². The van der Waals surface area contributed by atoms with Gasteiger partial charge in [0.1, 0.15) is 0 Å². The quantitative estimate of drug-likeness (QED) is 0.465. The van der Waals surface area contributed by atoms with Gasteiger partial charge in [0.25, 0.3) is 0 Å². The maximum atomic E-state index is 2.28. The first-order valence-corrected chi connectivity index (χ1v) is 9.19. The summed E-state index contributed by atoms with van der Waals surface area (Å²) in [4.78, 5) is 0. The van der Waals surface area contributed by atoms with E-state index in [0.717, 1.165) is 0 Å². The summed E-state index contributed by atoms with van der Waals surface area (Å²) in [5, 5.41) is 2.98. The molecule has 0 unspecified atom stereocenters. The van der Waals surface area contributed by atoms with Gasteiger partial charge in [0.15, 0.2) is 0 Å². The molecule has 0 fully saturated rings. The Morgan fingerprint density at radius 2 is 1.35 bits per heavy atom. The summed E-state index contributed by atoms with van der Waals surface area (Å²) in [6.45, 7) is 0. The topological polar surface area (TPSA) is 8.81 Å². The van der Waals surface area contributed by atoms with E-state index in [9.17, 15) is 0 Å². The van der Waals surface area contributed by atoms with Crippen LogP contribution in [0.15, 0.2) is 73.1 Å². The molecule has 0 saturated carbocycles. The van der Waals surface area contributed by atoms with Crippen molar-refractivity contribution in [2.24, 2.45) is 14.1 Å². The van der Waals surface area contributed by atoms with Crippen LogP contribution in [-0.2, 0) is 14.1 Å². The van der Waals surface area contributed by atoms with Crippen molar-refractivity contribution in [1.29, 1.82) is 0 Å². The van der Waals surface area contributed by atoms with Gasteiger partial charge in [-0.05, 0) is 0 Å². The first-order valence-electron chi connectivity index (χ1n) is 7.07. The Morgan fingerprint density at radius 3 is 1.75 bits per heavy atom. The van der Waals surface area contributed by atoms with Crippen LogP contribution in [0, 0.1) is 0 Å². The molecule has 0 atom stereocenters. The van der Waals surface area contributed by atoms with E-state index in [1.54, 1.807) is 0 Å². The number of aryl methyl sites for hydroxylation is 2. The number of hydrogen-bond donors (Lipinski definition) is 0. The van der Waals surface area contributed by atoms with E-state index in [-0.39, 0.29) is 0 Å². The Hall–Kier alpha value is -2.13. The maximum absolute atomic E-state index is 2.28. The van der Waals surface area contributed by atoms with Crippen molar-refractivity contribution in [2.75, 3.05) is 0 Å².